The SMILES string of the molecule is O=C(CCN1C(=O)C2CCCCC2NC1=S)NCc1ccccc1. The Morgan fingerprint density at radius 2 is 2.00 bits per heavy atom. The summed E-state index contributed by atoms with van der Waals surface area (Å²) >= 11 is 5.33. The van der Waals surface area contributed by atoms with Crippen LogP contribution in [0.5, 0.6) is 0 Å². The molecule has 1 saturated carbocycles. The minimum atomic E-state index is -0.0692. The fraction of sp³-hybridized carbons (Fsp3) is 0.500. The Labute approximate surface area is 147 Å². The average Bonchev–Trinajstić information content (AvgIpc) is 2.60. The van der Waals surface area contributed by atoms with Gasteiger partial charge in [-0.1, -0.05) is 43.2 Å². The second kappa shape index (κ2) is 7.75. The van der Waals surface area contributed by atoms with E-state index in [4.69, 9.17) is 12.2 Å². The Morgan fingerprint density at radius 1 is 1.25 bits per heavy atom. The van der Waals surface area contributed by atoms with Crippen molar-refractivity contribution in [2.75, 3.05) is 6.54 Å². The van der Waals surface area contributed by atoms with Gasteiger partial charge in [0.05, 0.1) is 5.92 Å². The summed E-state index contributed by atoms with van der Waals surface area (Å²) < 4.78 is 0. The molecule has 0 radical (unpaired) electrons. The molecular weight excluding hydrogens is 322 g/mol. The minimum absolute atomic E-state index is 0.0119. The molecule has 3 rings (SSSR count). The van der Waals surface area contributed by atoms with E-state index in [1.807, 2.05) is 30.3 Å². The Bertz CT molecular complexity index is 620. The molecule has 2 unspecified atom stereocenters. The molecule has 2 aliphatic rings. The van der Waals surface area contributed by atoms with E-state index in [9.17, 15) is 9.59 Å². The van der Waals surface area contributed by atoms with Gasteiger partial charge in [-0.2, -0.15) is 0 Å². The van der Waals surface area contributed by atoms with E-state index in [1.165, 1.54) is 0 Å². The molecule has 24 heavy (non-hydrogen) atoms. The third-order valence-corrected chi connectivity index (χ3v) is 5.14. The Morgan fingerprint density at radius 3 is 2.79 bits per heavy atom. The normalized spacial score (nSPS) is 23.4. The molecule has 2 atom stereocenters. The second-order valence-electron chi connectivity index (χ2n) is 6.45. The van der Waals surface area contributed by atoms with Crippen LogP contribution < -0.4 is 10.6 Å². The van der Waals surface area contributed by atoms with Crippen molar-refractivity contribution in [1.82, 2.24) is 15.5 Å². The number of benzene rings is 1. The monoisotopic (exact) mass is 345 g/mol. The van der Waals surface area contributed by atoms with E-state index in [1.54, 1.807) is 4.90 Å². The first-order chi connectivity index (χ1) is 11.6. The molecule has 1 aliphatic carbocycles. The first-order valence-corrected chi connectivity index (χ1v) is 8.98. The Hall–Kier alpha value is -1.95. The van der Waals surface area contributed by atoms with Crippen LogP contribution in [0, 0.1) is 5.92 Å². The number of amides is 2. The zero-order valence-corrected chi connectivity index (χ0v) is 14.5. The number of nitrogens with one attached hydrogen (secondary N) is 2. The molecule has 1 aromatic rings. The largest absolute Gasteiger partial charge is 0.359 e. The number of hydrogen-bond acceptors (Lipinski definition) is 3. The molecular formula is C18H23N3O2S. The van der Waals surface area contributed by atoms with Gasteiger partial charge in [-0.25, -0.2) is 0 Å². The molecule has 2 N–H and O–H groups in total. The lowest BCUT2D eigenvalue weighted by Gasteiger charge is -2.41. The van der Waals surface area contributed by atoms with Gasteiger partial charge in [0.15, 0.2) is 5.11 Å². The molecule has 0 aromatic heterocycles. The zero-order chi connectivity index (χ0) is 16.9. The summed E-state index contributed by atoms with van der Waals surface area (Å²) in [5, 5.41) is 6.64. The highest BCUT2D eigenvalue weighted by Gasteiger charge is 2.40. The minimum Gasteiger partial charge on any atom is -0.359 e. The fourth-order valence-corrected chi connectivity index (χ4v) is 3.78. The Balaban J connectivity index is 1.49. The summed E-state index contributed by atoms with van der Waals surface area (Å²) in [6.07, 6.45) is 4.41. The third kappa shape index (κ3) is 3.93. The van der Waals surface area contributed by atoms with Gasteiger partial charge in [0.1, 0.15) is 0 Å². The molecule has 1 aromatic carbocycles. The standard InChI is InChI=1S/C18H23N3O2S/c22-16(19-12-13-6-2-1-3-7-13)10-11-21-17(23)14-8-4-5-9-15(14)20-18(21)24/h1-3,6-7,14-15H,4-5,8-12H2,(H,19,22)(H,20,24). The summed E-state index contributed by atoms with van der Waals surface area (Å²) in [6.45, 7) is 0.843. The smallest absolute Gasteiger partial charge is 0.233 e. The van der Waals surface area contributed by atoms with Crippen LogP contribution in [-0.4, -0.2) is 34.4 Å². The van der Waals surface area contributed by atoms with E-state index in [2.05, 4.69) is 10.6 Å². The quantitative estimate of drug-likeness (QED) is 0.801. The molecule has 0 spiro atoms. The van der Waals surface area contributed by atoms with Gasteiger partial charge in [0.25, 0.3) is 0 Å². The maximum absolute atomic E-state index is 12.6. The number of carbonyl (C=O) groups is 2. The van der Waals surface area contributed by atoms with Crippen molar-refractivity contribution < 1.29 is 9.59 Å². The van der Waals surface area contributed by atoms with E-state index < -0.39 is 0 Å². The lowest BCUT2D eigenvalue weighted by Crippen LogP contribution is -2.60. The van der Waals surface area contributed by atoms with Gasteiger partial charge in [-0.3, -0.25) is 14.5 Å². The Kier molecular flexibility index (Phi) is 5.45. The highest BCUT2D eigenvalue weighted by Crippen LogP contribution is 2.29. The molecule has 2 amide bonds. The topological polar surface area (TPSA) is 61.4 Å². The molecule has 1 saturated heterocycles. The molecule has 128 valence electrons. The van der Waals surface area contributed by atoms with Crippen molar-refractivity contribution in [3.8, 4) is 0 Å². The first kappa shape index (κ1) is 16.9. The van der Waals surface area contributed by atoms with Crippen LogP contribution >= 0.6 is 12.2 Å². The van der Waals surface area contributed by atoms with Gasteiger partial charge in [0, 0.05) is 25.6 Å². The lowest BCUT2D eigenvalue weighted by atomic mass is 9.82. The van der Waals surface area contributed by atoms with Crippen LogP contribution in [0.1, 0.15) is 37.7 Å². The third-order valence-electron chi connectivity index (χ3n) is 4.80. The highest BCUT2D eigenvalue weighted by atomic mass is 32.1. The van der Waals surface area contributed by atoms with E-state index >= 15 is 0 Å². The van der Waals surface area contributed by atoms with Gasteiger partial charge < -0.3 is 10.6 Å². The molecule has 1 heterocycles. The predicted molar refractivity (Wildman–Crippen MR) is 96.1 cm³/mol. The van der Waals surface area contributed by atoms with Gasteiger partial charge in [-0.15, -0.1) is 0 Å². The lowest BCUT2D eigenvalue weighted by molar-refractivity contribution is -0.135. The highest BCUT2D eigenvalue weighted by molar-refractivity contribution is 7.80. The van der Waals surface area contributed by atoms with Crippen molar-refractivity contribution in [2.45, 2.75) is 44.7 Å². The summed E-state index contributed by atoms with van der Waals surface area (Å²) in [7, 11) is 0. The maximum Gasteiger partial charge on any atom is 0.233 e. The molecule has 1 aliphatic heterocycles. The molecule has 5 nitrogen and oxygen atoms in total. The van der Waals surface area contributed by atoms with Crippen LogP contribution in [0.25, 0.3) is 0 Å². The van der Waals surface area contributed by atoms with E-state index in [-0.39, 0.29) is 30.2 Å². The van der Waals surface area contributed by atoms with Crippen molar-refractivity contribution in [3.63, 3.8) is 0 Å². The van der Waals surface area contributed by atoms with Gasteiger partial charge in [0.2, 0.25) is 11.8 Å². The van der Waals surface area contributed by atoms with Crippen LogP contribution in [0.15, 0.2) is 30.3 Å². The number of nitrogens with zero attached hydrogens (tertiary/aromatic N) is 1. The summed E-state index contributed by atoms with van der Waals surface area (Å²) in [4.78, 5) is 26.2. The van der Waals surface area contributed by atoms with Crippen LogP contribution in [0.4, 0.5) is 0 Å². The summed E-state index contributed by atoms with van der Waals surface area (Å²) in [5.74, 6) is 0.0253. The average molecular weight is 345 g/mol. The zero-order valence-electron chi connectivity index (χ0n) is 13.7. The maximum atomic E-state index is 12.6. The number of thiocarbonyl (C=S) groups is 1. The van der Waals surface area contributed by atoms with Gasteiger partial charge >= 0.3 is 0 Å². The number of fused-ring (bicyclic) bond motifs is 1. The van der Waals surface area contributed by atoms with E-state index in [0.29, 0.717) is 18.2 Å². The fourth-order valence-electron chi connectivity index (χ4n) is 3.45. The van der Waals surface area contributed by atoms with Crippen LogP contribution in [0.3, 0.4) is 0 Å². The molecule has 6 heteroatoms. The van der Waals surface area contributed by atoms with Crippen LogP contribution in [0.2, 0.25) is 0 Å². The van der Waals surface area contributed by atoms with Crippen LogP contribution in [-0.2, 0) is 16.1 Å². The molecule has 2 fully saturated rings. The van der Waals surface area contributed by atoms with Gasteiger partial charge in [-0.05, 0) is 30.6 Å². The van der Waals surface area contributed by atoms with Crippen molar-refractivity contribution >= 4 is 29.1 Å². The predicted octanol–water partition coefficient (Wildman–Crippen LogP) is 1.97. The number of carbonyl (C=O) groups excluding carboxylic acids is 2. The van der Waals surface area contributed by atoms with E-state index in [0.717, 1.165) is 31.2 Å². The second-order valence-corrected chi connectivity index (χ2v) is 6.84. The van der Waals surface area contributed by atoms with Crippen molar-refractivity contribution in [3.05, 3.63) is 35.9 Å². The number of hydrogen-bond donors (Lipinski definition) is 2. The number of rotatable bonds is 5. The van der Waals surface area contributed by atoms with Crippen molar-refractivity contribution in [2.24, 2.45) is 5.92 Å². The van der Waals surface area contributed by atoms with Crippen molar-refractivity contribution in [1.29, 1.82) is 0 Å². The summed E-state index contributed by atoms with van der Waals surface area (Å²) in [5.41, 5.74) is 1.06. The first-order valence-electron chi connectivity index (χ1n) is 8.57. The molecule has 0 bridgehead atoms. The summed E-state index contributed by atoms with van der Waals surface area (Å²) in [6, 6.07) is 9.95.